The lowest BCUT2D eigenvalue weighted by Gasteiger charge is -1.83. The number of fused-ring (bicyclic) bond motifs is 1. The molecule has 0 spiro atoms. The minimum Gasteiger partial charge on any atom is -0.359 e. The van der Waals surface area contributed by atoms with Crippen molar-refractivity contribution in [2.45, 2.75) is 6.92 Å². The molecule has 0 atom stereocenters. The number of aryl methyl sites for hydroxylation is 1. The molecule has 58 valence electrons. The molecular weight excluding hydrogens is 249 g/mol. The Morgan fingerprint density at radius 1 is 1.18 bits per heavy atom. The Labute approximate surface area is 82.8 Å². The number of para-hydroxylation sites is 1. The van der Waals surface area contributed by atoms with Crippen LogP contribution in [-0.4, -0.2) is 4.98 Å². The zero-order chi connectivity index (χ0) is 6.97. The molecule has 1 nitrogen and oxygen atoms in total. The molecule has 11 heavy (non-hydrogen) atoms. The maximum absolute atomic E-state index is 3.26. The normalized spacial score (nSPS) is 9.55. The second-order valence-electron chi connectivity index (χ2n) is 2.54. The van der Waals surface area contributed by atoms with Crippen LogP contribution in [0.1, 0.15) is 5.69 Å². The monoisotopic (exact) mass is 259 g/mol. The van der Waals surface area contributed by atoms with Gasteiger partial charge in [-0.15, -0.1) is 24.0 Å². The van der Waals surface area contributed by atoms with Gasteiger partial charge in [-0.2, -0.15) is 0 Å². The molecule has 2 heteroatoms. The summed E-state index contributed by atoms with van der Waals surface area (Å²) in [6.45, 7) is 2.07. The predicted octanol–water partition coefficient (Wildman–Crippen LogP) is 3.09. The van der Waals surface area contributed by atoms with Crippen LogP contribution in [0.3, 0.4) is 0 Å². The Bertz CT molecular complexity index is 318. The molecule has 1 heterocycles. The highest BCUT2D eigenvalue weighted by molar-refractivity contribution is 14.0. The Morgan fingerprint density at radius 2 is 1.91 bits per heavy atom. The van der Waals surface area contributed by atoms with Crippen molar-refractivity contribution in [2.75, 3.05) is 0 Å². The first-order valence-corrected chi connectivity index (χ1v) is 3.40. The number of H-pyrrole nitrogens is 1. The first kappa shape index (κ1) is 8.59. The molecular formula is C9H10IN. The minimum atomic E-state index is 0. The molecule has 1 N–H and O–H groups in total. The van der Waals surface area contributed by atoms with Crippen LogP contribution < -0.4 is 0 Å². The quantitative estimate of drug-likeness (QED) is 0.700. The van der Waals surface area contributed by atoms with Gasteiger partial charge in [-0.25, -0.2) is 0 Å². The van der Waals surface area contributed by atoms with Crippen molar-refractivity contribution in [2.24, 2.45) is 0 Å². The largest absolute Gasteiger partial charge is 0.359 e. The number of benzene rings is 1. The number of aromatic nitrogens is 1. The molecule has 2 rings (SSSR count). The second kappa shape index (κ2) is 3.26. The van der Waals surface area contributed by atoms with Crippen molar-refractivity contribution in [1.29, 1.82) is 0 Å². The summed E-state index contributed by atoms with van der Waals surface area (Å²) in [7, 11) is 0. The van der Waals surface area contributed by atoms with Gasteiger partial charge in [0.2, 0.25) is 0 Å². The highest BCUT2D eigenvalue weighted by Gasteiger charge is 1.92. The van der Waals surface area contributed by atoms with Gasteiger partial charge in [-0.05, 0) is 24.4 Å². The number of hydrogen-bond donors (Lipinski definition) is 1. The summed E-state index contributed by atoms with van der Waals surface area (Å²) in [5, 5.41) is 1.29. The lowest BCUT2D eigenvalue weighted by molar-refractivity contribution is 1.30. The van der Waals surface area contributed by atoms with E-state index in [2.05, 4.69) is 36.2 Å². The van der Waals surface area contributed by atoms with E-state index in [-0.39, 0.29) is 24.0 Å². The van der Waals surface area contributed by atoms with E-state index >= 15 is 0 Å². The zero-order valence-corrected chi connectivity index (χ0v) is 8.63. The summed E-state index contributed by atoms with van der Waals surface area (Å²) in [6, 6.07) is 10.4. The summed E-state index contributed by atoms with van der Waals surface area (Å²) in [5.74, 6) is 0. The summed E-state index contributed by atoms with van der Waals surface area (Å²) >= 11 is 0. The van der Waals surface area contributed by atoms with Gasteiger partial charge < -0.3 is 4.98 Å². The second-order valence-corrected chi connectivity index (χ2v) is 2.54. The van der Waals surface area contributed by atoms with E-state index in [1.807, 2.05) is 6.07 Å². The summed E-state index contributed by atoms with van der Waals surface area (Å²) < 4.78 is 0. The predicted molar refractivity (Wildman–Crippen MR) is 58.5 cm³/mol. The van der Waals surface area contributed by atoms with E-state index in [9.17, 15) is 0 Å². The van der Waals surface area contributed by atoms with Crippen LogP contribution in [0.5, 0.6) is 0 Å². The SMILES string of the molecule is Cc1cc2ccccc2[nH]1.I. The fourth-order valence-electron chi connectivity index (χ4n) is 1.22. The van der Waals surface area contributed by atoms with Crippen LogP contribution >= 0.6 is 24.0 Å². The van der Waals surface area contributed by atoms with Crippen molar-refractivity contribution >= 4 is 34.9 Å². The van der Waals surface area contributed by atoms with Crippen molar-refractivity contribution in [3.05, 3.63) is 36.0 Å². The molecule has 0 saturated carbocycles. The molecule has 0 saturated heterocycles. The van der Waals surface area contributed by atoms with Gasteiger partial charge >= 0.3 is 0 Å². The smallest absolute Gasteiger partial charge is 0.0455 e. The molecule has 1 aromatic heterocycles. The van der Waals surface area contributed by atoms with Gasteiger partial charge in [-0.1, -0.05) is 18.2 Å². The fraction of sp³-hybridized carbons (Fsp3) is 0.111. The van der Waals surface area contributed by atoms with Crippen molar-refractivity contribution in [3.8, 4) is 0 Å². The van der Waals surface area contributed by atoms with Crippen LogP contribution in [0.2, 0.25) is 0 Å². The Morgan fingerprint density at radius 3 is 2.64 bits per heavy atom. The fourth-order valence-corrected chi connectivity index (χ4v) is 1.22. The highest BCUT2D eigenvalue weighted by atomic mass is 127. The first-order chi connectivity index (χ1) is 4.86. The van der Waals surface area contributed by atoms with Crippen molar-refractivity contribution in [1.82, 2.24) is 4.98 Å². The molecule has 0 aliphatic heterocycles. The Kier molecular flexibility index (Phi) is 2.54. The van der Waals surface area contributed by atoms with E-state index in [1.54, 1.807) is 0 Å². The number of aromatic amines is 1. The van der Waals surface area contributed by atoms with Crippen molar-refractivity contribution < 1.29 is 0 Å². The van der Waals surface area contributed by atoms with E-state index in [0.717, 1.165) is 0 Å². The molecule has 0 aliphatic carbocycles. The van der Waals surface area contributed by atoms with Crippen LogP contribution in [0.25, 0.3) is 10.9 Å². The van der Waals surface area contributed by atoms with Gasteiger partial charge in [0, 0.05) is 11.2 Å². The minimum absolute atomic E-state index is 0. The van der Waals surface area contributed by atoms with E-state index in [0.29, 0.717) is 0 Å². The number of hydrogen-bond acceptors (Lipinski definition) is 0. The van der Waals surface area contributed by atoms with Crippen molar-refractivity contribution in [3.63, 3.8) is 0 Å². The zero-order valence-electron chi connectivity index (χ0n) is 6.29. The third-order valence-corrected chi connectivity index (χ3v) is 1.66. The summed E-state index contributed by atoms with van der Waals surface area (Å²) in [4.78, 5) is 3.26. The van der Waals surface area contributed by atoms with Gasteiger partial charge in [0.1, 0.15) is 0 Å². The van der Waals surface area contributed by atoms with E-state index < -0.39 is 0 Å². The lowest BCUT2D eigenvalue weighted by Crippen LogP contribution is -1.65. The Hall–Kier alpha value is -0.510. The number of halogens is 1. The van der Waals surface area contributed by atoms with Gasteiger partial charge in [0.15, 0.2) is 0 Å². The molecule has 0 amide bonds. The average molecular weight is 259 g/mol. The van der Waals surface area contributed by atoms with Crippen LogP contribution in [0.15, 0.2) is 30.3 Å². The topological polar surface area (TPSA) is 15.8 Å². The van der Waals surface area contributed by atoms with E-state index in [1.165, 1.54) is 16.6 Å². The maximum atomic E-state index is 3.26. The highest BCUT2D eigenvalue weighted by Crippen LogP contribution is 2.12. The van der Waals surface area contributed by atoms with Gasteiger partial charge in [-0.3, -0.25) is 0 Å². The summed E-state index contributed by atoms with van der Waals surface area (Å²) in [5.41, 5.74) is 2.45. The van der Waals surface area contributed by atoms with Gasteiger partial charge in [0.25, 0.3) is 0 Å². The molecule has 0 bridgehead atoms. The number of rotatable bonds is 0. The molecule has 0 aliphatic rings. The van der Waals surface area contributed by atoms with Gasteiger partial charge in [0.05, 0.1) is 0 Å². The van der Waals surface area contributed by atoms with Crippen LogP contribution in [0.4, 0.5) is 0 Å². The molecule has 0 unspecified atom stereocenters. The van der Waals surface area contributed by atoms with Crippen LogP contribution in [0, 0.1) is 6.92 Å². The summed E-state index contributed by atoms with van der Waals surface area (Å²) in [6.07, 6.45) is 0. The molecule has 0 radical (unpaired) electrons. The molecule has 2 aromatic rings. The van der Waals surface area contributed by atoms with Crippen LogP contribution in [-0.2, 0) is 0 Å². The molecule has 1 aromatic carbocycles. The lowest BCUT2D eigenvalue weighted by atomic mass is 10.2. The first-order valence-electron chi connectivity index (χ1n) is 3.40. The Balaban J connectivity index is 0.000000605. The third-order valence-electron chi connectivity index (χ3n) is 1.66. The third kappa shape index (κ3) is 1.56. The van der Waals surface area contributed by atoms with E-state index in [4.69, 9.17) is 0 Å². The number of nitrogens with one attached hydrogen (secondary N) is 1. The maximum Gasteiger partial charge on any atom is 0.0455 e. The average Bonchev–Trinajstić information content (AvgIpc) is 2.27. The standard InChI is InChI=1S/C9H9N.HI/c1-7-6-8-4-2-3-5-9(8)10-7;/h2-6,10H,1H3;1H. The molecule has 0 fully saturated rings.